The molecule has 240 valence electrons. The number of piperidine rings is 1. The molecule has 7 rings (SSSR count). The third kappa shape index (κ3) is 6.15. The number of hydrogen-bond acceptors (Lipinski definition) is 6. The van der Waals surface area contributed by atoms with Crippen LogP contribution in [0, 0.1) is 29.6 Å². The number of aromatic nitrogens is 3. The summed E-state index contributed by atoms with van der Waals surface area (Å²) in [5.74, 6) is 1.18. The van der Waals surface area contributed by atoms with Gasteiger partial charge in [0.05, 0.1) is 17.5 Å². The van der Waals surface area contributed by atoms with Gasteiger partial charge in [-0.25, -0.2) is 9.97 Å². The van der Waals surface area contributed by atoms with E-state index in [1.54, 1.807) is 12.1 Å². The van der Waals surface area contributed by atoms with Gasteiger partial charge in [0, 0.05) is 55.3 Å². The summed E-state index contributed by atoms with van der Waals surface area (Å²) in [7, 11) is 0. The lowest BCUT2D eigenvalue weighted by Gasteiger charge is -2.54. The van der Waals surface area contributed by atoms with Gasteiger partial charge in [0.15, 0.2) is 0 Å². The fourth-order valence-corrected chi connectivity index (χ4v) is 7.86. The van der Waals surface area contributed by atoms with Crippen molar-refractivity contribution in [2.24, 2.45) is 11.3 Å². The summed E-state index contributed by atoms with van der Waals surface area (Å²) < 4.78 is 41.3. The van der Waals surface area contributed by atoms with Crippen molar-refractivity contribution in [2.45, 2.75) is 64.7 Å². The van der Waals surface area contributed by atoms with Crippen molar-refractivity contribution in [3.63, 3.8) is 0 Å². The number of hydrogen-bond donors (Lipinski definition) is 1. The number of anilines is 1. The zero-order valence-electron chi connectivity index (χ0n) is 26.0. The van der Waals surface area contributed by atoms with E-state index in [9.17, 15) is 23.2 Å². The number of rotatable bonds is 6. The highest BCUT2D eigenvalue weighted by Crippen LogP contribution is 2.44. The van der Waals surface area contributed by atoms with Crippen molar-refractivity contribution < 1.29 is 18.0 Å². The number of aryl methyl sites for hydroxylation is 1. The molecule has 0 aliphatic carbocycles. The van der Waals surface area contributed by atoms with E-state index in [0.717, 1.165) is 87.2 Å². The number of nitrogens with one attached hydrogen (secondary N) is 1. The Balaban J connectivity index is 1.000. The second-order valence-corrected chi connectivity index (χ2v) is 13.6. The van der Waals surface area contributed by atoms with Crippen molar-refractivity contribution in [1.29, 1.82) is 5.26 Å². The van der Waals surface area contributed by atoms with Crippen LogP contribution in [0.3, 0.4) is 0 Å². The minimum absolute atomic E-state index is 0.111. The number of halogens is 3. The van der Waals surface area contributed by atoms with Crippen molar-refractivity contribution in [1.82, 2.24) is 24.8 Å². The monoisotopic (exact) mass is 629 g/mol. The summed E-state index contributed by atoms with van der Waals surface area (Å²) in [4.78, 5) is 25.3. The lowest BCUT2D eigenvalue weighted by atomic mass is 9.72. The zero-order chi connectivity index (χ0) is 32.1. The van der Waals surface area contributed by atoms with Gasteiger partial charge in [-0.15, -0.1) is 0 Å². The topological polar surface area (TPSA) is 90.1 Å². The quantitative estimate of drug-likeness (QED) is 0.286. The van der Waals surface area contributed by atoms with Crippen molar-refractivity contribution in [3.05, 3.63) is 65.1 Å². The molecule has 0 radical (unpaired) electrons. The summed E-state index contributed by atoms with van der Waals surface area (Å²) in [6.45, 7) is 8.04. The van der Waals surface area contributed by atoms with Gasteiger partial charge >= 0.3 is 6.18 Å². The fraction of sp³-hybridized carbons (Fsp3) is 0.486. The Kier molecular flexibility index (Phi) is 7.87. The van der Waals surface area contributed by atoms with E-state index in [0.29, 0.717) is 35.5 Å². The summed E-state index contributed by atoms with van der Waals surface area (Å²) in [6.07, 6.45) is 0.674. The number of nitriles is 1. The Morgan fingerprint density at radius 3 is 2.63 bits per heavy atom. The van der Waals surface area contributed by atoms with E-state index in [2.05, 4.69) is 54.8 Å². The molecule has 8 nitrogen and oxygen atoms in total. The maximum Gasteiger partial charge on any atom is 0.393 e. The van der Waals surface area contributed by atoms with E-state index < -0.39 is 12.6 Å². The van der Waals surface area contributed by atoms with Gasteiger partial charge < -0.3 is 14.8 Å². The predicted molar refractivity (Wildman–Crippen MR) is 170 cm³/mol. The van der Waals surface area contributed by atoms with Gasteiger partial charge in [-0.05, 0) is 92.6 Å². The molecule has 2 aromatic heterocycles. The van der Waals surface area contributed by atoms with Crippen molar-refractivity contribution in [3.8, 4) is 6.07 Å². The summed E-state index contributed by atoms with van der Waals surface area (Å²) >= 11 is 0. The number of likely N-dealkylation sites (tertiary alicyclic amines) is 1. The van der Waals surface area contributed by atoms with Crippen LogP contribution in [0.5, 0.6) is 0 Å². The van der Waals surface area contributed by atoms with E-state index in [1.165, 1.54) is 18.0 Å². The molecule has 1 unspecified atom stereocenters. The van der Waals surface area contributed by atoms with E-state index in [-0.39, 0.29) is 16.9 Å². The molecular weight excluding hydrogens is 591 g/mol. The van der Waals surface area contributed by atoms with Gasteiger partial charge in [-0.3, -0.25) is 9.69 Å². The first-order chi connectivity index (χ1) is 22.1. The van der Waals surface area contributed by atoms with Gasteiger partial charge in [0.25, 0.3) is 0 Å². The average Bonchev–Trinajstić information content (AvgIpc) is 3.22. The maximum atomic E-state index is 13.0. The second kappa shape index (κ2) is 11.9. The highest BCUT2D eigenvalue weighted by Gasteiger charge is 2.45. The van der Waals surface area contributed by atoms with Crippen LogP contribution in [-0.4, -0.2) is 64.2 Å². The molecule has 1 atom stereocenters. The molecule has 1 amide bonds. The largest absolute Gasteiger partial charge is 0.393 e. The van der Waals surface area contributed by atoms with E-state index in [1.807, 2.05) is 6.07 Å². The minimum atomic E-state index is -4.26. The third-order valence-electron chi connectivity index (χ3n) is 10.2. The highest BCUT2D eigenvalue weighted by atomic mass is 19.4. The van der Waals surface area contributed by atoms with Crippen LogP contribution in [0.25, 0.3) is 21.8 Å². The molecule has 2 aromatic carbocycles. The molecule has 1 spiro atoms. The number of carbonyl (C=O) groups excluding carboxylic acids is 1. The minimum Gasteiger partial charge on any atom is -0.356 e. The molecule has 46 heavy (non-hydrogen) atoms. The Labute approximate surface area is 266 Å². The molecular formula is C35H38F3N7O. The zero-order valence-corrected chi connectivity index (χ0v) is 26.0. The van der Waals surface area contributed by atoms with Gasteiger partial charge in [0.2, 0.25) is 5.91 Å². The van der Waals surface area contributed by atoms with Crippen LogP contribution in [-0.2, 0) is 24.3 Å². The molecule has 3 fully saturated rings. The number of benzene rings is 2. The summed E-state index contributed by atoms with van der Waals surface area (Å²) in [5, 5.41) is 14.7. The first-order valence-corrected chi connectivity index (χ1v) is 16.2. The number of nitrogens with zero attached hydrogens (tertiary/aromatic N) is 6. The van der Waals surface area contributed by atoms with E-state index in [4.69, 9.17) is 0 Å². The van der Waals surface area contributed by atoms with Crippen LogP contribution < -0.4 is 10.2 Å². The van der Waals surface area contributed by atoms with Gasteiger partial charge in [-0.2, -0.15) is 18.4 Å². The molecule has 1 N–H and O–H groups in total. The third-order valence-corrected chi connectivity index (χ3v) is 10.2. The molecule has 4 aromatic rings. The lowest BCUT2D eigenvalue weighted by molar-refractivity contribution is -0.127. The van der Waals surface area contributed by atoms with Crippen LogP contribution >= 0.6 is 0 Å². The Hall–Kier alpha value is -4.17. The first kappa shape index (κ1) is 30.5. The van der Waals surface area contributed by atoms with Crippen molar-refractivity contribution in [2.75, 3.05) is 37.6 Å². The first-order valence-electron chi connectivity index (χ1n) is 16.2. The van der Waals surface area contributed by atoms with Crippen LogP contribution in [0.2, 0.25) is 0 Å². The second-order valence-electron chi connectivity index (χ2n) is 13.6. The highest BCUT2D eigenvalue weighted by molar-refractivity contribution is 5.90. The molecule has 0 bridgehead atoms. The van der Waals surface area contributed by atoms with Crippen molar-refractivity contribution >= 4 is 33.5 Å². The van der Waals surface area contributed by atoms with E-state index >= 15 is 0 Å². The molecule has 0 saturated carbocycles. The van der Waals surface area contributed by atoms with Crippen LogP contribution in [0.15, 0.2) is 42.7 Å². The molecule has 3 aliphatic heterocycles. The predicted octanol–water partition coefficient (Wildman–Crippen LogP) is 5.89. The Morgan fingerprint density at radius 2 is 1.87 bits per heavy atom. The summed E-state index contributed by atoms with van der Waals surface area (Å²) in [6, 6.07) is 13.6. The smallest absolute Gasteiger partial charge is 0.356 e. The standard InChI is InChI=1S/C35H38F3N7O/c1-23-12-26(13-27-15-28(17-39)45(32(23)27)19-24-3-5-31(46)40-9-6-24)18-43-10-7-34(8-11-43)20-44(21-34)33-29-14-25(16-35(36,37)38)2-4-30(29)41-22-42-33/h2,4,12-15,22,24H,3,5-11,16,18-21H2,1H3,(H,40,46). The molecule has 3 saturated heterocycles. The molecule has 11 heteroatoms. The Morgan fingerprint density at radius 1 is 1.07 bits per heavy atom. The lowest BCUT2D eigenvalue weighted by Crippen LogP contribution is -2.60. The van der Waals surface area contributed by atoms with Crippen LogP contribution in [0.4, 0.5) is 19.0 Å². The molecule has 5 heterocycles. The number of amides is 1. The van der Waals surface area contributed by atoms with Gasteiger partial charge in [0.1, 0.15) is 23.9 Å². The fourth-order valence-electron chi connectivity index (χ4n) is 7.86. The number of alkyl halides is 3. The Bertz CT molecular complexity index is 1830. The average molecular weight is 630 g/mol. The normalized spacial score (nSPS) is 20.5. The number of carbonyl (C=O) groups is 1. The van der Waals surface area contributed by atoms with Crippen LogP contribution in [0.1, 0.15) is 54.5 Å². The molecule has 3 aliphatic rings. The number of fused-ring (bicyclic) bond motifs is 2. The van der Waals surface area contributed by atoms with Gasteiger partial charge in [-0.1, -0.05) is 12.1 Å². The maximum absolute atomic E-state index is 13.0. The SMILES string of the molecule is Cc1cc(CN2CCC3(CC2)CN(c2ncnc4ccc(CC(F)(F)F)cc24)C3)cc2cc(C#N)n(CC3CCNC(=O)CC3)c12. The summed E-state index contributed by atoms with van der Waals surface area (Å²) in [5.41, 5.74) is 5.26.